The summed E-state index contributed by atoms with van der Waals surface area (Å²) in [5.74, 6) is -2.21. The first-order chi connectivity index (χ1) is 9.90. The second-order valence-corrected chi connectivity index (χ2v) is 5.70. The number of carboxylic acids is 1. The second-order valence-electron chi connectivity index (χ2n) is 4.06. The maximum Gasteiger partial charge on any atom is 0.336 e. The Morgan fingerprint density at radius 1 is 1.10 bits per heavy atom. The van der Waals surface area contributed by atoms with Crippen LogP contribution in [0, 0.1) is 5.82 Å². The van der Waals surface area contributed by atoms with Gasteiger partial charge in [-0.1, -0.05) is 6.07 Å². The zero-order chi connectivity index (χ0) is 15.6. The molecular weight excluding hydrogens is 409 g/mol. The molecule has 2 aromatic rings. The van der Waals surface area contributed by atoms with E-state index in [1.54, 1.807) is 6.07 Å². The van der Waals surface area contributed by atoms with Crippen molar-refractivity contribution in [1.82, 2.24) is 0 Å². The molecule has 4 nitrogen and oxygen atoms in total. The van der Waals surface area contributed by atoms with Crippen molar-refractivity contribution in [3.63, 3.8) is 0 Å². The first kappa shape index (κ1) is 15.7. The van der Waals surface area contributed by atoms with E-state index in [2.05, 4.69) is 37.2 Å². The number of carbonyl (C=O) groups is 2. The number of anilines is 1. The van der Waals surface area contributed by atoms with Crippen molar-refractivity contribution >= 4 is 49.4 Å². The number of amides is 1. The van der Waals surface area contributed by atoms with Gasteiger partial charge in [-0.05, 0) is 62.2 Å². The number of hydrogen-bond donors (Lipinski definition) is 2. The number of aromatic carboxylic acids is 1. The topological polar surface area (TPSA) is 66.4 Å². The largest absolute Gasteiger partial charge is 0.478 e. The van der Waals surface area contributed by atoms with Crippen LogP contribution in [0.15, 0.2) is 45.3 Å². The lowest BCUT2D eigenvalue weighted by atomic mass is 10.1. The van der Waals surface area contributed by atoms with Crippen molar-refractivity contribution in [3.05, 3.63) is 62.3 Å². The Morgan fingerprint density at radius 2 is 1.81 bits per heavy atom. The number of halogens is 3. The van der Waals surface area contributed by atoms with E-state index in [-0.39, 0.29) is 15.6 Å². The summed E-state index contributed by atoms with van der Waals surface area (Å²) in [7, 11) is 0. The molecule has 0 aliphatic rings. The summed E-state index contributed by atoms with van der Waals surface area (Å²) in [5, 5.41) is 11.6. The van der Waals surface area contributed by atoms with E-state index in [0.29, 0.717) is 10.2 Å². The summed E-state index contributed by atoms with van der Waals surface area (Å²) in [6.07, 6.45) is 0. The number of carboxylic acid groups (broad SMARTS) is 1. The Bertz CT molecular complexity index is 734. The molecule has 0 unspecified atom stereocenters. The summed E-state index contributed by atoms with van der Waals surface area (Å²) < 4.78 is 13.8. The molecule has 2 N–H and O–H groups in total. The first-order valence-corrected chi connectivity index (χ1v) is 7.27. The van der Waals surface area contributed by atoms with Crippen molar-refractivity contribution in [1.29, 1.82) is 0 Å². The second kappa shape index (κ2) is 6.36. The molecule has 21 heavy (non-hydrogen) atoms. The van der Waals surface area contributed by atoms with Gasteiger partial charge in [0.05, 0.1) is 15.6 Å². The van der Waals surface area contributed by atoms with Crippen LogP contribution >= 0.6 is 31.9 Å². The molecule has 0 radical (unpaired) electrons. The van der Waals surface area contributed by atoms with E-state index in [4.69, 9.17) is 5.11 Å². The molecule has 0 fully saturated rings. The van der Waals surface area contributed by atoms with E-state index in [1.807, 2.05) is 0 Å². The molecule has 7 heteroatoms. The first-order valence-electron chi connectivity index (χ1n) is 5.68. The standard InChI is InChI=1S/C14H8Br2FNO3/c15-10-5-4-7(6-9(10)14(20)21)18-13(19)8-2-1-3-11(17)12(8)16/h1-6H,(H,18,19)(H,20,21). The average Bonchev–Trinajstić information content (AvgIpc) is 2.43. The number of rotatable bonds is 3. The van der Waals surface area contributed by atoms with Gasteiger partial charge in [0, 0.05) is 10.2 Å². The molecule has 0 saturated carbocycles. The molecule has 108 valence electrons. The van der Waals surface area contributed by atoms with Gasteiger partial charge in [-0.3, -0.25) is 4.79 Å². The molecule has 0 heterocycles. The molecule has 1 amide bonds. The van der Waals surface area contributed by atoms with Gasteiger partial charge in [-0.15, -0.1) is 0 Å². The van der Waals surface area contributed by atoms with Crippen LogP contribution < -0.4 is 5.32 Å². The smallest absolute Gasteiger partial charge is 0.336 e. The Balaban J connectivity index is 2.30. The van der Waals surface area contributed by atoms with Gasteiger partial charge >= 0.3 is 5.97 Å². The van der Waals surface area contributed by atoms with Crippen molar-refractivity contribution in [2.75, 3.05) is 5.32 Å². The molecular formula is C14H8Br2FNO3. The highest BCUT2D eigenvalue weighted by Crippen LogP contribution is 2.24. The number of nitrogens with one attached hydrogen (secondary N) is 1. The molecule has 0 aromatic heterocycles. The maximum absolute atomic E-state index is 13.4. The third-order valence-electron chi connectivity index (χ3n) is 2.65. The normalized spacial score (nSPS) is 10.2. The summed E-state index contributed by atoms with van der Waals surface area (Å²) in [6.45, 7) is 0. The van der Waals surface area contributed by atoms with Crippen molar-refractivity contribution < 1.29 is 19.1 Å². The number of carbonyl (C=O) groups excluding carboxylic acids is 1. The highest BCUT2D eigenvalue weighted by Gasteiger charge is 2.15. The minimum absolute atomic E-state index is 0.0195. The summed E-state index contributed by atoms with van der Waals surface area (Å²) >= 11 is 6.12. The van der Waals surface area contributed by atoms with Gasteiger partial charge in [0.25, 0.3) is 5.91 Å². The molecule has 0 atom stereocenters. The summed E-state index contributed by atoms with van der Waals surface area (Å²) in [5.41, 5.74) is 0.442. The predicted molar refractivity (Wildman–Crippen MR) is 83.2 cm³/mol. The minimum Gasteiger partial charge on any atom is -0.478 e. The minimum atomic E-state index is -1.12. The Labute approximate surface area is 136 Å². The van der Waals surface area contributed by atoms with Gasteiger partial charge in [-0.2, -0.15) is 0 Å². The quantitative estimate of drug-likeness (QED) is 0.783. The molecule has 0 spiro atoms. The number of hydrogen-bond acceptors (Lipinski definition) is 2. The summed E-state index contributed by atoms with van der Waals surface area (Å²) in [6, 6.07) is 8.47. The molecule has 0 saturated heterocycles. The lowest BCUT2D eigenvalue weighted by Crippen LogP contribution is -2.13. The zero-order valence-corrected chi connectivity index (χ0v) is 13.5. The van der Waals surface area contributed by atoms with Crippen LogP contribution in [-0.2, 0) is 0 Å². The van der Waals surface area contributed by atoms with Crippen LogP contribution in [0.1, 0.15) is 20.7 Å². The van der Waals surface area contributed by atoms with Crippen molar-refractivity contribution in [2.24, 2.45) is 0 Å². The van der Waals surface area contributed by atoms with E-state index < -0.39 is 17.7 Å². The Hall–Kier alpha value is -1.73. The SMILES string of the molecule is O=C(O)c1cc(NC(=O)c2cccc(F)c2Br)ccc1Br. The van der Waals surface area contributed by atoms with Crippen molar-refractivity contribution in [2.45, 2.75) is 0 Å². The van der Waals surface area contributed by atoms with Gasteiger partial charge in [0.2, 0.25) is 0 Å². The van der Waals surface area contributed by atoms with Gasteiger partial charge in [0.1, 0.15) is 5.82 Å². The third-order valence-corrected chi connectivity index (χ3v) is 4.15. The lowest BCUT2D eigenvalue weighted by molar-refractivity contribution is 0.0695. The fourth-order valence-corrected chi connectivity index (χ4v) is 2.51. The molecule has 0 aliphatic heterocycles. The van der Waals surface area contributed by atoms with E-state index >= 15 is 0 Å². The van der Waals surface area contributed by atoms with Crippen LogP contribution in [0.5, 0.6) is 0 Å². The van der Waals surface area contributed by atoms with Crippen LogP contribution in [0.25, 0.3) is 0 Å². The zero-order valence-electron chi connectivity index (χ0n) is 10.4. The van der Waals surface area contributed by atoms with E-state index in [9.17, 15) is 14.0 Å². The average molecular weight is 417 g/mol. The number of benzene rings is 2. The van der Waals surface area contributed by atoms with Gasteiger partial charge in [-0.25, -0.2) is 9.18 Å². The fraction of sp³-hybridized carbons (Fsp3) is 0. The Morgan fingerprint density at radius 3 is 2.48 bits per heavy atom. The van der Waals surface area contributed by atoms with Crippen LogP contribution in [0.4, 0.5) is 10.1 Å². The van der Waals surface area contributed by atoms with Gasteiger partial charge < -0.3 is 10.4 Å². The molecule has 2 aromatic carbocycles. The molecule has 2 rings (SSSR count). The highest BCUT2D eigenvalue weighted by molar-refractivity contribution is 9.10. The fourth-order valence-electron chi connectivity index (χ4n) is 1.64. The molecule has 0 bridgehead atoms. The van der Waals surface area contributed by atoms with Gasteiger partial charge in [0.15, 0.2) is 0 Å². The summed E-state index contributed by atoms with van der Waals surface area (Å²) in [4.78, 5) is 23.1. The van der Waals surface area contributed by atoms with Crippen LogP contribution in [0.3, 0.4) is 0 Å². The lowest BCUT2D eigenvalue weighted by Gasteiger charge is -2.09. The van der Waals surface area contributed by atoms with Crippen molar-refractivity contribution in [3.8, 4) is 0 Å². The monoisotopic (exact) mass is 415 g/mol. The van der Waals surface area contributed by atoms with Crippen LogP contribution in [0.2, 0.25) is 0 Å². The van der Waals surface area contributed by atoms with E-state index in [1.165, 1.54) is 30.3 Å². The highest BCUT2D eigenvalue weighted by atomic mass is 79.9. The maximum atomic E-state index is 13.4. The predicted octanol–water partition coefficient (Wildman–Crippen LogP) is 4.30. The van der Waals surface area contributed by atoms with Crippen LogP contribution in [-0.4, -0.2) is 17.0 Å². The Kier molecular flexibility index (Phi) is 4.74. The molecule has 0 aliphatic carbocycles. The van der Waals surface area contributed by atoms with E-state index in [0.717, 1.165) is 0 Å². The third kappa shape index (κ3) is 3.48.